The number of thioether (sulfide) groups is 1. The normalized spacial score (nSPS) is 12.4. The maximum Gasteiger partial charge on any atom is 0.239 e. The minimum atomic E-state index is -0.350. The van der Waals surface area contributed by atoms with Gasteiger partial charge >= 0.3 is 0 Å². The van der Waals surface area contributed by atoms with Crippen molar-refractivity contribution < 1.29 is 9.21 Å². The molecule has 1 aromatic carbocycles. The smallest absolute Gasteiger partial charge is 0.239 e. The molecular weight excluding hydrogens is 406 g/mol. The molecule has 3 heterocycles. The van der Waals surface area contributed by atoms with Gasteiger partial charge in [0.25, 0.3) is 0 Å². The van der Waals surface area contributed by atoms with Crippen LogP contribution in [0.5, 0.6) is 0 Å². The third-order valence-electron chi connectivity index (χ3n) is 4.59. The molecule has 0 bridgehead atoms. The SMILES string of the molecule is CCn1c(S[C@H](C)C(=O)Nc2nc(C)c(C)s2)nnc1-c1cc2ccccc2o1. The fourth-order valence-electron chi connectivity index (χ4n) is 2.88. The number of benzene rings is 1. The molecule has 0 unspecified atom stereocenters. The van der Waals surface area contributed by atoms with E-state index in [0.29, 0.717) is 28.4 Å². The maximum atomic E-state index is 12.6. The molecule has 4 rings (SSSR count). The number of thiazole rings is 1. The Hall–Kier alpha value is -2.65. The van der Waals surface area contributed by atoms with Crippen molar-refractivity contribution in [1.82, 2.24) is 19.7 Å². The molecule has 0 spiro atoms. The number of nitrogens with zero attached hydrogens (tertiary/aromatic N) is 4. The summed E-state index contributed by atoms with van der Waals surface area (Å²) in [5.41, 5.74) is 1.75. The predicted molar refractivity (Wildman–Crippen MR) is 116 cm³/mol. The number of aryl methyl sites for hydroxylation is 2. The molecule has 0 aliphatic rings. The molecule has 150 valence electrons. The van der Waals surface area contributed by atoms with E-state index in [1.165, 1.54) is 23.1 Å². The Kier molecular flexibility index (Phi) is 5.42. The minimum absolute atomic E-state index is 0.111. The number of hydrogen-bond acceptors (Lipinski definition) is 7. The largest absolute Gasteiger partial charge is 0.453 e. The number of rotatable bonds is 6. The fourth-order valence-corrected chi connectivity index (χ4v) is 4.61. The van der Waals surface area contributed by atoms with E-state index >= 15 is 0 Å². The van der Waals surface area contributed by atoms with Crippen LogP contribution < -0.4 is 5.32 Å². The Morgan fingerprint density at radius 3 is 2.79 bits per heavy atom. The molecule has 0 saturated heterocycles. The summed E-state index contributed by atoms with van der Waals surface area (Å²) in [6.45, 7) is 8.46. The number of aromatic nitrogens is 4. The topological polar surface area (TPSA) is 85.8 Å². The quantitative estimate of drug-likeness (QED) is 0.440. The van der Waals surface area contributed by atoms with E-state index in [2.05, 4.69) is 20.5 Å². The molecule has 9 heteroatoms. The van der Waals surface area contributed by atoms with E-state index < -0.39 is 0 Å². The summed E-state index contributed by atoms with van der Waals surface area (Å²) >= 11 is 2.85. The Bertz CT molecular complexity index is 1120. The lowest BCUT2D eigenvalue weighted by molar-refractivity contribution is -0.115. The van der Waals surface area contributed by atoms with Crippen LogP contribution in [-0.2, 0) is 11.3 Å². The van der Waals surface area contributed by atoms with E-state index in [1.54, 1.807) is 0 Å². The van der Waals surface area contributed by atoms with Crippen LogP contribution in [0.15, 0.2) is 39.9 Å². The zero-order chi connectivity index (χ0) is 20.5. The number of anilines is 1. The zero-order valence-corrected chi connectivity index (χ0v) is 18.2. The van der Waals surface area contributed by atoms with Crippen LogP contribution in [0.2, 0.25) is 0 Å². The summed E-state index contributed by atoms with van der Waals surface area (Å²) in [6.07, 6.45) is 0. The number of fused-ring (bicyclic) bond motifs is 1. The van der Waals surface area contributed by atoms with Gasteiger partial charge in [-0.25, -0.2) is 4.98 Å². The first-order chi connectivity index (χ1) is 14.0. The Labute approximate surface area is 176 Å². The highest BCUT2D eigenvalue weighted by Crippen LogP contribution is 2.31. The summed E-state index contributed by atoms with van der Waals surface area (Å²) in [5.74, 6) is 1.21. The molecular formula is C20H21N5O2S2. The van der Waals surface area contributed by atoms with Gasteiger partial charge in [-0.15, -0.1) is 21.5 Å². The highest BCUT2D eigenvalue weighted by Gasteiger charge is 2.22. The number of furan rings is 1. The summed E-state index contributed by atoms with van der Waals surface area (Å²) in [6, 6.07) is 9.80. The van der Waals surface area contributed by atoms with E-state index in [4.69, 9.17) is 4.42 Å². The highest BCUT2D eigenvalue weighted by atomic mass is 32.2. The monoisotopic (exact) mass is 427 g/mol. The number of carbonyl (C=O) groups excluding carboxylic acids is 1. The van der Waals surface area contributed by atoms with Crippen molar-refractivity contribution in [2.45, 2.75) is 44.6 Å². The lowest BCUT2D eigenvalue weighted by Gasteiger charge is -2.11. The standard InChI is InChI=1S/C20H21N5O2S2/c1-5-25-17(16-10-14-8-6-7-9-15(14)27-16)23-24-20(25)29-13(4)18(26)22-19-21-11(2)12(3)28-19/h6-10,13H,5H2,1-4H3,(H,21,22,26)/t13-/m1/s1. The molecule has 0 saturated carbocycles. The second kappa shape index (κ2) is 8.00. The molecule has 1 N–H and O–H groups in total. The van der Waals surface area contributed by atoms with E-state index in [1.807, 2.05) is 62.6 Å². The van der Waals surface area contributed by atoms with Crippen LogP contribution in [0.4, 0.5) is 5.13 Å². The van der Waals surface area contributed by atoms with Gasteiger partial charge < -0.3 is 9.73 Å². The van der Waals surface area contributed by atoms with Crippen molar-refractivity contribution >= 4 is 45.1 Å². The molecule has 0 fully saturated rings. The van der Waals surface area contributed by atoms with Crippen molar-refractivity contribution in [1.29, 1.82) is 0 Å². The van der Waals surface area contributed by atoms with Crippen LogP contribution in [0.1, 0.15) is 24.4 Å². The number of carbonyl (C=O) groups is 1. The molecule has 0 aliphatic heterocycles. The summed E-state index contributed by atoms with van der Waals surface area (Å²) in [7, 11) is 0. The summed E-state index contributed by atoms with van der Waals surface area (Å²) in [4.78, 5) is 18.1. The maximum absolute atomic E-state index is 12.6. The molecule has 1 atom stereocenters. The third-order valence-corrected chi connectivity index (χ3v) is 6.66. The summed E-state index contributed by atoms with van der Waals surface area (Å²) in [5, 5.41) is 13.5. The fraction of sp³-hybridized carbons (Fsp3) is 0.300. The average molecular weight is 428 g/mol. The van der Waals surface area contributed by atoms with Gasteiger partial charge in [0.2, 0.25) is 11.7 Å². The van der Waals surface area contributed by atoms with Crippen LogP contribution in [-0.4, -0.2) is 30.9 Å². The first-order valence-electron chi connectivity index (χ1n) is 9.30. The molecule has 0 radical (unpaired) electrons. The molecule has 29 heavy (non-hydrogen) atoms. The number of amides is 1. The summed E-state index contributed by atoms with van der Waals surface area (Å²) < 4.78 is 7.90. The molecule has 1 amide bonds. The third kappa shape index (κ3) is 3.92. The number of para-hydroxylation sites is 1. The van der Waals surface area contributed by atoms with Gasteiger partial charge in [-0.2, -0.15) is 0 Å². The van der Waals surface area contributed by atoms with Gasteiger partial charge in [0, 0.05) is 16.8 Å². The van der Waals surface area contributed by atoms with E-state index in [9.17, 15) is 4.79 Å². The van der Waals surface area contributed by atoms with E-state index in [-0.39, 0.29) is 11.2 Å². The number of nitrogens with one attached hydrogen (secondary N) is 1. The van der Waals surface area contributed by atoms with Gasteiger partial charge in [0.15, 0.2) is 16.0 Å². The highest BCUT2D eigenvalue weighted by molar-refractivity contribution is 8.00. The van der Waals surface area contributed by atoms with E-state index in [0.717, 1.165) is 21.5 Å². The Balaban J connectivity index is 1.53. The average Bonchev–Trinajstić information content (AvgIpc) is 3.38. The minimum Gasteiger partial charge on any atom is -0.453 e. The molecule has 3 aromatic heterocycles. The number of hydrogen-bond donors (Lipinski definition) is 1. The second-order valence-electron chi connectivity index (χ2n) is 6.61. The molecule has 4 aromatic rings. The first kappa shape index (κ1) is 19.7. The van der Waals surface area contributed by atoms with Crippen LogP contribution in [0.3, 0.4) is 0 Å². The van der Waals surface area contributed by atoms with Gasteiger partial charge in [-0.1, -0.05) is 30.0 Å². The van der Waals surface area contributed by atoms with Crippen molar-refractivity contribution in [3.63, 3.8) is 0 Å². The van der Waals surface area contributed by atoms with Crippen LogP contribution in [0.25, 0.3) is 22.6 Å². The van der Waals surface area contributed by atoms with Crippen molar-refractivity contribution in [2.24, 2.45) is 0 Å². The van der Waals surface area contributed by atoms with Gasteiger partial charge in [-0.05, 0) is 39.8 Å². The van der Waals surface area contributed by atoms with Crippen LogP contribution >= 0.6 is 23.1 Å². The Morgan fingerprint density at radius 2 is 2.10 bits per heavy atom. The lowest BCUT2D eigenvalue weighted by atomic mass is 10.2. The van der Waals surface area contributed by atoms with Gasteiger partial charge in [-0.3, -0.25) is 9.36 Å². The first-order valence-corrected chi connectivity index (χ1v) is 11.0. The van der Waals surface area contributed by atoms with Gasteiger partial charge in [0.1, 0.15) is 5.58 Å². The van der Waals surface area contributed by atoms with Crippen LogP contribution in [0, 0.1) is 13.8 Å². The second-order valence-corrected chi connectivity index (χ2v) is 9.12. The Morgan fingerprint density at radius 1 is 1.31 bits per heavy atom. The molecule has 7 nitrogen and oxygen atoms in total. The van der Waals surface area contributed by atoms with Crippen molar-refractivity contribution in [3.8, 4) is 11.6 Å². The predicted octanol–water partition coefficient (Wildman–Crippen LogP) is 4.90. The lowest BCUT2D eigenvalue weighted by Crippen LogP contribution is -2.22. The molecule has 0 aliphatic carbocycles. The zero-order valence-electron chi connectivity index (χ0n) is 16.6. The van der Waals surface area contributed by atoms with Crippen molar-refractivity contribution in [3.05, 3.63) is 40.9 Å². The van der Waals surface area contributed by atoms with Gasteiger partial charge in [0.05, 0.1) is 10.9 Å². The van der Waals surface area contributed by atoms with Crippen molar-refractivity contribution in [2.75, 3.05) is 5.32 Å².